The van der Waals surface area contributed by atoms with Gasteiger partial charge in [-0.15, -0.1) is 0 Å². The molecule has 2 N–H and O–H groups in total. The van der Waals surface area contributed by atoms with Crippen molar-refractivity contribution in [1.82, 2.24) is 0 Å². The predicted molar refractivity (Wildman–Crippen MR) is 77.7 cm³/mol. The molecule has 0 aromatic heterocycles. The Labute approximate surface area is 194 Å². The van der Waals surface area contributed by atoms with Gasteiger partial charge in [0.05, 0.1) is 11.7 Å². The molecule has 0 fully saturated rings. The van der Waals surface area contributed by atoms with E-state index in [1.54, 1.807) is 0 Å². The molecule has 226 valence electrons. The second-order valence-corrected chi connectivity index (χ2v) is 7.25. The largest absolute Gasteiger partial charge is 0.476 e. The van der Waals surface area contributed by atoms with Crippen LogP contribution in [0.1, 0.15) is 13.3 Å². The first kappa shape index (κ1) is 35.8. The molecule has 0 aromatic rings. The lowest BCUT2D eigenvalue weighted by molar-refractivity contribution is -0.471. The van der Waals surface area contributed by atoms with Crippen molar-refractivity contribution in [1.29, 1.82) is 0 Å². The summed E-state index contributed by atoms with van der Waals surface area (Å²) in [7, 11) is 0. The molecule has 0 saturated carbocycles. The molecule has 3 nitrogen and oxygen atoms in total. The van der Waals surface area contributed by atoms with Gasteiger partial charge in [-0.3, -0.25) is 0 Å². The quantitative estimate of drug-likeness (QED) is 0.212. The van der Waals surface area contributed by atoms with E-state index in [0.717, 1.165) is 0 Å². The van der Waals surface area contributed by atoms with Gasteiger partial charge in [-0.1, -0.05) is 0 Å². The van der Waals surface area contributed by atoms with Gasteiger partial charge in [-0.05, 0) is 6.92 Å². The number of alkyl halides is 19. The maximum absolute atomic E-state index is 14.1. The van der Waals surface area contributed by atoms with Crippen LogP contribution in [0, 0.1) is 0 Å². The highest BCUT2D eigenvalue weighted by molar-refractivity contribution is 5.85. The van der Waals surface area contributed by atoms with Gasteiger partial charge in [0.2, 0.25) is 5.83 Å². The van der Waals surface area contributed by atoms with E-state index in [4.69, 9.17) is 10.2 Å². The first-order valence-corrected chi connectivity index (χ1v) is 8.55. The number of carbonyl (C=O) groups is 1. The van der Waals surface area contributed by atoms with Crippen LogP contribution in [0.15, 0.2) is 11.4 Å². The SMILES string of the molecule is CC(O)CC(=C(F)C(=O)O)C(F)(F)C(F)(F)C(F)(F)C(F)(F)C(F)(F)C(F)(F)C(F)(C(F)(F)F)C(F)(F)F. The predicted octanol–water partition coefficient (Wildman–Crippen LogP) is 6.71. The summed E-state index contributed by atoms with van der Waals surface area (Å²) < 4.78 is 267. The Morgan fingerprint density at radius 2 is 0.895 bits per heavy atom. The van der Waals surface area contributed by atoms with E-state index in [1.165, 1.54) is 0 Å². The van der Waals surface area contributed by atoms with E-state index < -0.39 is 83.5 Å². The summed E-state index contributed by atoms with van der Waals surface area (Å²) in [5.41, 5.74) is -12.5. The standard InChI is InChI=1S/C15H8F20O3/c1-3(36)2-4(5(16)6(37)38)7(17,18)9(20,21)11(24,25)13(28,29)12(26,27)10(22,23)8(19,14(30,31)32)15(33,34)35/h3,36H,2H2,1H3,(H,37,38). The minimum absolute atomic E-state index is 0.194. The van der Waals surface area contributed by atoms with Crippen molar-refractivity contribution in [3.63, 3.8) is 0 Å². The summed E-state index contributed by atoms with van der Waals surface area (Å²) in [5.74, 6) is -59.6. The first-order valence-electron chi connectivity index (χ1n) is 8.55. The van der Waals surface area contributed by atoms with Crippen LogP contribution in [-0.4, -0.2) is 75.8 Å². The van der Waals surface area contributed by atoms with Crippen molar-refractivity contribution in [2.75, 3.05) is 0 Å². The van der Waals surface area contributed by atoms with Crippen molar-refractivity contribution in [2.24, 2.45) is 0 Å². The minimum atomic E-state index is -9.26. The highest BCUT2D eigenvalue weighted by atomic mass is 19.4. The van der Waals surface area contributed by atoms with Crippen LogP contribution >= 0.6 is 0 Å². The number of hydrogen-bond acceptors (Lipinski definition) is 2. The second kappa shape index (κ2) is 9.45. The Balaban J connectivity index is 7.47. The van der Waals surface area contributed by atoms with Gasteiger partial charge in [0.15, 0.2) is 0 Å². The third-order valence-electron chi connectivity index (χ3n) is 4.52. The molecule has 0 saturated heterocycles. The molecule has 1 atom stereocenters. The fraction of sp³-hybridized carbons (Fsp3) is 0.800. The lowest BCUT2D eigenvalue weighted by Crippen LogP contribution is -2.77. The van der Waals surface area contributed by atoms with Gasteiger partial charge >= 0.3 is 59.5 Å². The number of rotatable bonds is 10. The number of hydrogen-bond donors (Lipinski definition) is 2. The normalized spacial score (nSPS) is 17.3. The summed E-state index contributed by atoms with van der Waals surface area (Å²) in [6, 6.07) is 0. The van der Waals surface area contributed by atoms with Crippen LogP contribution in [-0.2, 0) is 4.79 Å². The molecule has 0 spiro atoms. The monoisotopic (exact) mass is 616 g/mol. The van der Waals surface area contributed by atoms with Gasteiger partial charge in [0.1, 0.15) is 0 Å². The minimum Gasteiger partial charge on any atom is -0.476 e. The van der Waals surface area contributed by atoms with Crippen LogP contribution in [0.25, 0.3) is 0 Å². The van der Waals surface area contributed by atoms with E-state index in [2.05, 4.69) is 0 Å². The number of carboxylic acid groups (broad SMARTS) is 1. The molecule has 0 amide bonds. The summed E-state index contributed by atoms with van der Waals surface area (Å²) in [4.78, 5) is 10.4. The van der Waals surface area contributed by atoms with Gasteiger partial charge in [0, 0.05) is 6.42 Å². The molecule has 0 aliphatic heterocycles. The van der Waals surface area contributed by atoms with E-state index in [0.29, 0.717) is 0 Å². The zero-order valence-corrected chi connectivity index (χ0v) is 17.1. The zero-order chi connectivity index (χ0) is 31.5. The molecular weight excluding hydrogens is 608 g/mol. The highest BCUT2D eigenvalue weighted by Gasteiger charge is 2.98. The van der Waals surface area contributed by atoms with Gasteiger partial charge in [0.25, 0.3) is 0 Å². The molecule has 0 heterocycles. The number of aliphatic hydroxyl groups is 1. The average Bonchev–Trinajstić information content (AvgIpc) is 2.67. The van der Waals surface area contributed by atoms with E-state index in [9.17, 15) is 92.6 Å². The van der Waals surface area contributed by atoms with Crippen LogP contribution in [0.2, 0.25) is 0 Å². The lowest BCUT2D eigenvalue weighted by Gasteiger charge is -2.45. The van der Waals surface area contributed by atoms with E-state index in [1.807, 2.05) is 0 Å². The average molecular weight is 616 g/mol. The van der Waals surface area contributed by atoms with Gasteiger partial charge < -0.3 is 10.2 Å². The number of halogens is 20. The van der Waals surface area contributed by atoms with Gasteiger partial charge in [-0.25, -0.2) is 9.18 Å². The lowest BCUT2D eigenvalue weighted by atomic mass is 9.82. The van der Waals surface area contributed by atoms with Crippen LogP contribution in [0.4, 0.5) is 87.8 Å². The summed E-state index contributed by atoms with van der Waals surface area (Å²) in [5, 5.41) is 17.1. The topological polar surface area (TPSA) is 57.5 Å². The second-order valence-electron chi connectivity index (χ2n) is 7.25. The maximum atomic E-state index is 14.1. The van der Waals surface area contributed by atoms with Crippen molar-refractivity contribution in [3.8, 4) is 0 Å². The number of aliphatic carboxylic acids is 1. The molecule has 0 aliphatic carbocycles. The fourth-order valence-electron chi connectivity index (χ4n) is 2.49. The van der Waals surface area contributed by atoms with Crippen LogP contribution in [0.5, 0.6) is 0 Å². The molecular formula is C15H8F20O3. The number of carboxylic acids is 1. The Morgan fingerprint density at radius 1 is 0.605 bits per heavy atom. The van der Waals surface area contributed by atoms with Crippen molar-refractivity contribution >= 4 is 5.97 Å². The Kier molecular flexibility index (Phi) is 8.90. The molecule has 1 unspecified atom stereocenters. The number of aliphatic hydroxyl groups excluding tert-OH is 1. The molecule has 0 aromatic carbocycles. The molecule has 38 heavy (non-hydrogen) atoms. The zero-order valence-electron chi connectivity index (χ0n) is 17.1. The highest BCUT2D eigenvalue weighted by Crippen LogP contribution is 2.66. The molecule has 0 radical (unpaired) electrons. The van der Waals surface area contributed by atoms with Crippen LogP contribution in [0.3, 0.4) is 0 Å². The molecule has 0 bridgehead atoms. The van der Waals surface area contributed by atoms with Crippen molar-refractivity contribution < 1.29 is 103 Å². The third-order valence-corrected chi connectivity index (χ3v) is 4.52. The smallest absolute Gasteiger partial charge is 0.438 e. The van der Waals surface area contributed by atoms with Crippen LogP contribution < -0.4 is 0 Å². The van der Waals surface area contributed by atoms with E-state index in [-0.39, 0.29) is 6.92 Å². The summed E-state index contributed by atoms with van der Waals surface area (Å²) in [6.07, 6.45) is -22.0. The van der Waals surface area contributed by atoms with E-state index >= 15 is 0 Å². The Bertz CT molecular complexity index is 911. The third kappa shape index (κ3) is 4.71. The van der Waals surface area contributed by atoms with Crippen molar-refractivity contribution in [3.05, 3.63) is 11.4 Å². The summed E-state index contributed by atoms with van der Waals surface area (Å²) in [6.45, 7) is 0.194. The fourth-order valence-corrected chi connectivity index (χ4v) is 2.49. The maximum Gasteiger partial charge on any atom is 0.438 e. The Hall–Kier alpha value is -2.23. The molecule has 0 rings (SSSR count). The summed E-state index contributed by atoms with van der Waals surface area (Å²) >= 11 is 0. The molecule has 0 aliphatic rings. The van der Waals surface area contributed by atoms with Crippen molar-refractivity contribution in [2.45, 2.75) is 73.0 Å². The first-order chi connectivity index (χ1) is 16.2. The molecule has 23 heteroatoms. The Morgan fingerprint density at radius 3 is 1.16 bits per heavy atom. The van der Waals surface area contributed by atoms with Gasteiger partial charge in [-0.2, -0.15) is 83.4 Å².